The monoisotopic (exact) mass is 409 g/mol. The van der Waals surface area contributed by atoms with Gasteiger partial charge in [0.15, 0.2) is 11.5 Å². The average molecular weight is 409 g/mol. The van der Waals surface area contributed by atoms with Crippen molar-refractivity contribution in [2.75, 3.05) is 14.2 Å². The van der Waals surface area contributed by atoms with Crippen LogP contribution >= 0.6 is 0 Å². The number of hydrogen-bond donors (Lipinski definition) is 1. The molecule has 0 fully saturated rings. The van der Waals surface area contributed by atoms with Gasteiger partial charge in [0.1, 0.15) is 0 Å². The highest BCUT2D eigenvalue weighted by atomic mass is 16.5. The molecule has 1 heterocycles. The molecular formula is C23H27N3O4. The van der Waals surface area contributed by atoms with E-state index in [9.17, 15) is 9.59 Å². The van der Waals surface area contributed by atoms with Gasteiger partial charge in [-0.1, -0.05) is 23.8 Å². The van der Waals surface area contributed by atoms with E-state index in [-0.39, 0.29) is 11.5 Å². The highest BCUT2D eigenvalue weighted by molar-refractivity contribution is 5.81. The van der Waals surface area contributed by atoms with E-state index in [0.29, 0.717) is 48.3 Å². The molecule has 2 aromatic carbocycles. The van der Waals surface area contributed by atoms with Gasteiger partial charge in [0, 0.05) is 25.6 Å². The summed E-state index contributed by atoms with van der Waals surface area (Å²) >= 11 is 0. The molecule has 0 saturated heterocycles. The summed E-state index contributed by atoms with van der Waals surface area (Å²) in [5.41, 5.74) is 3.84. The molecule has 1 amide bonds. The fraction of sp³-hybridized carbons (Fsp3) is 0.348. The van der Waals surface area contributed by atoms with Gasteiger partial charge in [0.25, 0.3) is 5.56 Å². The molecule has 0 aliphatic heterocycles. The first-order valence-electron chi connectivity index (χ1n) is 9.87. The van der Waals surface area contributed by atoms with Crippen molar-refractivity contribution >= 4 is 16.8 Å². The van der Waals surface area contributed by atoms with E-state index in [0.717, 1.165) is 11.1 Å². The molecule has 30 heavy (non-hydrogen) atoms. The number of carbonyl (C=O) groups excluding carboxylic acids is 1. The molecule has 1 N–H and O–H groups in total. The average Bonchev–Trinajstić information content (AvgIpc) is 2.74. The van der Waals surface area contributed by atoms with Gasteiger partial charge < -0.3 is 14.8 Å². The van der Waals surface area contributed by atoms with Crippen molar-refractivity contribution in [3.05, 3.63) is 63.7 Å². The molecule has 0 atom stereocenters. The number of aromatic nitrogens is 2. The third-order valence-electron chi connectivity index (χ3n) is 5.11. The van der Waals surface area contributed by atoms with Crippen molar-refractivity contribution in [1.29, 1.82) is 0 Å². The van der Waals surface area contributed by atoms with Gasteiger partial charge in [-0.2, -0.15) is 0 Å². The fourth-order valence-electron chi connectivity index (χ4n) is 3.38. The number of ether oxygens (including phenoxy) is 2. The number of amides is 1. The van der Waals surface area contributed by atoms with Crippen LogP contribution in [0.5, 0.6) is 11.5 Å². The second kappa shape index (κ2) is 9.43. The maximum Gasteiger partial charge on any atom is 0.261 e. The van der Waals surface area contributed by atoms with Gasteiger partial charge in [-0.25, -0.2) is 4.98 Å². The van der Waals surface area contributed by atoms with Crippen molar-refractivity contribution < 1.29 is 14.3 Å². The molecule has 0 aliphatic carbocycles. The molecule has 0 aliphatic rings. The van der Waals surface area contributed by atoms with E-state index < -0.39 is 0 Å². The first kappa shape index (κ1) is 21.4. The highest BCUT2D eigenvalue weighted by Crippen LogP contribution is 2.29. The topological polar surface area (TPSA) is 82.5 Å². The fourth-order valence-corrected chi connectivity index (χ4v) is 3.38. The lowest BCUT2D eigenvalue weighted by molar-refractivity contribution is -0.121. The van der Waals surface area contributed by atoms with E-state index in [1.165, 1.54) is 30.7 Å². The molecule has 0 radical (unpaired) electrons. The van der Waals surface area contributed by atoms with E-state index >= 15 is 0 Å². The summed E-state index contributed by atoms with van der Waals surface area (Å²) in [5, 5.41) is 3.40. The number of fused-ring (bicyclic) bond motifs is 1. The zero-order valence-electron chi connectivity index (χ0n) is 17.8. The summed E-state index contributed by atoms with van der Waals surface area (Å²) in [7, 11) is 3.06. The molecule has 7 heteroatoms. The molecular weight excluding hydrogens is 382 g/mol. The van der Waals surface area contributed by atoms with E-state index in [4.69, 9.17) is 9.47 Å². The van der Waals surface area contributed by atoms with Gasteiger partial charge in [-0.3, -0.25) is 14.2 Å². The molecule has 3 aromatic rings. The lowest BCUT2D eigenvalue weighted by atomic mass is 10.1. The maximum absolute atomic E-state index is 12.8. The van der Waals surface area contributed by atoms with Crippen LogP contribution < -0.4 is 20.3 Å². The third kappa shape index (κ3) is 4.79. The molecule has 1 aromatic heterocycles. The number of aryl methyl sites for hydroxylation is 3. The smallest absolute Gasteiger partial charge is 0.261 e. The van der Waals surface area contributed by atoms with Crippen molar-refractivity contribution in [3.63, 3.8) is 0 Å². The summed E-state index contributed by atoms with van der Waals surface area (Å²) in [6.07, 6.45) is 2.38. The number of benzene rings is 2. The first-order chi connectivity index (χ1) is 14.4. The van der Waals surface area contributed by atoms with Gasteiger partial charge >= 0.3 is 0 Å². The Hall–Kier alpha value is -3.35. The molecule has 0 unspecified atom stereocenters. The second-order valence-corrected chi connectivity index (χ2v) is 7.28. The van der Waals surface area contributed by atoms with Crippen LogP contribution in [0, 0.1) is 13.8 Å². The largest absolute Gasteiger partial charge is 0.493 e. The zero-order valence-corrected chi connectivity index (χ0v) is 17.8. The van der Waals surface area contributed by atoms with Gasteiger partial charge in [-0.05, 0) is 37.5 Å². The third-order valence-corrected chi connectivity index (χ3v) is 5.11. The number of rotatable bonds is 8. The normalized spacial score (nSPS) is 10.8. The predicted octanol–water partition coefficient (Wildman–Crippen LogP) is 3.13. The SMILES string of the molecule is COc1cc2ncn(CCCC(=O)NCc3ccc(C)cc3C)c(=O)c2cc1OC. The standard InChI is InChI=1S/C23H27N3O4/c1-15-7-8-17(16(2)10-15)13-24-22(27)6-5-9-26-14-25-19-12-21(30-4)20(29-3)11-18(19)23(26)28/h7-8,10-12,14H,5-6,9,13H2,1-4H3,(H,24,27). The predicted molar refractivity (Wildman–Crippen MR) is 116 cm³/mol. The number of methoxy groups -OCH3 is 2. The summed E-state index contributed by atoms with van der Waals surface area (Å²) in [4.78, 5) is 29.3. The Kier molecular flexibility index (Phi) is 6.72. The molecule has 7 nitrogen and oxygen atoms in total. The lowest BCUT2D eigenvalue weighted by Gasteiger charge is -2.11. The highest BCUT2D eigenvalue weighted by Gasteiger charge is 2.11. The summed E-state index contributed by atoms with van der Waals surface area (Å²) < 4.78 is 12.1. The van der Waals surface area contributed by atoms with Crippen LogP contribution in [0.2, 0.25) is 0 Å². The van der Waals surface area contributed by atoms with Crippen LogP contribution in [0.1, 0.15) is 29.5 Å². The van der Waals surface area contributed by atoms with Crippen molar-refractivity contribution in [2.45, 2.75) is 39.8 Å². The minimum absolute atomic E-state index is 0.0387. The summed E-state index contributed by atoms with van der Waals surface area (Å²) in [6.45, 7) is 5.00. The van der Waals surface area contributed by atoms with Crippen LogP contribution in [-0.4, -0.2) is 29.7 Å². The molecule has 0 saturated carbocycles. The zero-order chi connectivity index (χ0) is 21.7. The minimum atomic E-state index is -0.170. The molecule has 0 bridgehead atoms. The maximum atomic E-state index is 12.8. The Morgan fingerprint density at radius 1 is 1.10 bits per heavy atom. The Labute approximate surface area is 175 Å². The Bertz CT molecular complexity index is 1120. The van der Waals surface area contributed by atoms with Crippen LogP contribution in [0.4, 0.5) is 0 Å². The van der Waals surface area contributed by atoms with E-state index in [1.54, 1.807) is 12.1 Å². The number of carbonyl (C=O) groups is 1. The second-order valence-electron chi connectivity index (χ2n) is 7.28. The van der Waals surface area contributed by atoms with E-state index in [2.05, 4.69) is 16.4 Å². The molecule has 158 valence electrons. The van der Waals surface area contributed by atoms with E-state index in [1.807, 2.05) is 26.0 Å². The Morgan fingerprint density at radius 3 is 2.53 bits per heavy atom. The van der Waals surface area contributed by atoms with Gasteiger partial charge in [-0.15, -0.1) is 0 Å². The first-order valence-corrected chi connectivity index (χ1v) is 9.87. The van der Waals surface area contributed by atoms with Crippen LogP contribution in [0.25, 0.3) is 10.9 Å². The number of hydrogen-bond acceptors (Lipinski definition) is 5. The number of nitrogens with zero attached hydrogens (tertiary/aromatic N) is 2. The van der Waals surface area contributed by atoms with Crippen molar-refractivity contribution in [3.8, 4) is 11.5 Å². The van der Waals surface area contributed by atoms with Crippen LogP contribution in [0.15, 0.2) is 41.5 Å². The summed E-state index contributed by atoms with van der Waals surface area (Å²) in [6, 6.07) is 9.50. The van der Waals surface area contributed by atoms with Crippen LogP contribution in [0.3, 0.4) is 0 Å². The van der Waals surface area contributed by atoms with Gasteiger partial charge in [0.2, 0.25) is 5.91 Å². The van der Waals surface area contributed by atoms with Crippen molar-refractivity contribution in [2.24, 2.45) is 0 Å². The molecule has 0 spiro atoms. The summed E-state index contributed by atoms with van der Waals surface area (Å²) in [5.74, 6) is 0.964. The molecule has 3 rings (SSSR count). The quantitative estimate of drug-likeness (QED) is 0.618. The Morgan fingerprint density at radius 2 is 1.83 bits per heavy atom. The number of nitrogens with one attached hydrogen (secondary N) is 1. The minimum Gasteiger partial charge on any atom is -0.493 e. The van der Waals surface area contributed by atoms with Crippen LogP contribution in [-0.2, 0) is 17.9 Å². The van der Waals surface area contributed by atoms with Crippen molar-refractivity contribution in [1.82, 2.24) is 14.9 Å². The van der Waals surface area contributed by atoms with Gasteiger partial charge in [0.05, 0.1) is 31.4 Å². The lowest BCUT2D eigenvalue weighted by Crippen LogP contribution is -2.25. The Balaban J connectivity index is 1.60.